The number of carbonyl (C=O) groups excluding carboxylic acids is 1. The van der Waals surface area contributed by atoms with E-state index < -0.39 is 0 Å². The van der Waals surface area contributed by atoms with Crippen LogP contribution >= 0.6 is 0 Å². The van der Waals surface area contributed by atoms with Crippen molar-refractivity contribution in [1.29, 1.82) is 0 Å². The first-order valence-corrected chi connectivity index (χ1v) is 6.72. The molecule has 0 unspecified atom stereocenters. The van der Waals surface area contributed by atoms with Gasteiger partial charge < -0.3 is 10.6 Å². The average molecular weight is 268 g/mol. The maximum Gasteiger partial charge on any atom is 0.253 e. The van der Waals surface area contributed by atoms with Crippen molar-refractivity contribution in [3.63, 3.8) is 0 Å². The summed E-state index contributed by atoms with van der Waals surface area (Å²) < 4.78 is 0. The second-order valence-corrected chi connectivity index (χ2v) is 4.97. The van der Waals surface area contributed by atoms with E-state index in [-0.39, 0.29) is 5.91 Å². The summed E-state index contributed by atoms with van der Waals surface area (Å²) in [5.41, 5.74) is 4.97. The standard InChI is InChI=1S/C17H20N2O/c1-12-4-7-14(8-5-12)11-19-17(20)15-9-6-13(2)10-16(15)18-3/h4-10,18H,11H2,1-3H3,(H,19,20). The summed E-state index contributed by atoms with van der Waals surface area (Å²) in [5.74, 6) is -0.0603. The normalized spacial score (nSPS) is 10.2. The highest BCUT2D eigenvalue weighted by Crippen LogP contribution is 2.17. The third kappa shape index (κ3) is 3.38. The van der Waals surface area contributed by atoms with Crippen LogP contribution in [0, 0.1) is 13.8 Å². The van der Waals surface area contributed by atoms with E-state index in [0.29, 0.717) is 12.1 Å². The van der Waals surface area contributed by atoms with Crippen LogP contribution in [0.1, 0.15) is 27.0 Å². The number of nitrogens with one attached hydrogen (secondary N) is 2. The summed E-state index contributed by atoms with van der Waals surface area (Å²) in [4.78, 5) is 12.2. The fraction of sp³-hybridized carbons (Fsp3) is 0.235. The minimum absolute atomic E-state index is 0.0603. The second kappa shape index (κ2) is 6.24. The van der Waals surface area contributed by atoms with E-state index in [4.69, 9.17) is 0 Å². The van der Waals surface area contributed by atoms with Gasteiger partial charge in [-0.05, 0) is 37.1 Å². The van der Waals surface area contributed by atoms with Gasteiger partial charge in [-0.25, -0.2) is 0 Å². The molecule has 0 heterocycles. The van der Waals surface area contributed by atoms with Crippen LogP contribution in [-0.4, -0.2) is 13.0 Å². The van der Waals surface area contributed by atoms with Crippen molar-refractivity contribution in [2.45, 2.75) is 20.4 Å². The highest BCUT2D eigenvalue weighted by molar-refractivity contribution is 5.99. The Labute approximate surface area is 120 Å². The molecule has 1 amide bonds. The summed E-state index contributed by atoms with van der Waals surface area (Å²) in [7, 11) is 1.82. The largest absolute Gasteiger partial charge is 0.387 e. The number of aryl methyl sites for hydroxylation is 2. The molecule has 2 aromatic carbocycles. The summed E-state index contributed by atoms with van der Waals surface area (Å²) in [5, 5.41) is 6.01. The molecular formula is C17H20N2O. The molecule has 2 rings (SSSR count). The second-order valence-electron chi connectivity index (χ2n) is 4.97. The minimum Gasteiger partial charge on any atom is -0.387 e. The van der Waals surface area contributed by atoms with E-state index in [2.05, 4.69) is 10.6 Å². The fourth-order valence-electron chi connectivity index (χ4n) is 2.05. The molecule has 0 atom stereocenters. The SMILES string of the molecule is CNc1cc(C)ccc1C(=O)NCc1ccc(C)cc1. The highest BCUT2D eigenvalue weighted by Gasteiger charge is 2.10. The summed E-state index contributed by atoms with van der Waals surface area (Å²) >= 11 is 0. The topological polar surface area (TPSA) is 41.1 Å². The van der Waals surface area contributed by atoms with Crippen molar-refractivity contribution in [1.82, 2.24) is 5.32 Å². The van der Waals surface area contributed by atoms with Gasteiger partial charge in [0, 0.05) is 19.3 Å². The zero-order valence-electron chi connectivity index (χ0n) is 12.2. The van der Waals surface area contributed by atoms with Crippen molar-refractivity contribution < 1.29 is 4.79 Å². The lowest BCUT2D eigenvalue weighted by atomic mass is 10.1. The number of hydrogen-bond donors (Lipinski definition) is 2. The van der Waals surface area contributed by atoms with Crippen molar-refractivity contribution in [2.75, 3.05) is 12.4 Å². The van der Waals surface area contributed by atoms with Gasteiger partial charge in [-0.15, -0.1) is 0 Å². The van der Waals surface area contributed by atoms with Gasteiger partial charge in [-0.1, -0.05) is 35.9 Å². The Hall–Kier alpha value is -2.29. The van der Waals surface area contributed by atoms with Gasteiger partial charge in [0.1, 0.15) is 0 Å². The Kier molecular flexibility index (Phi) is 4.41. The van der Waals surface area contributed by atoms with Gasteiger partial charge in [0.25, 0.3) is 5.91 Å². The van der Waals surface area contributed by atoms with Crippen LogP contribution in [0.5, 0.6) is 0 Å². The predicted octanol–water partition coefficient (Wildman–Crippen LogP) is 3.28. The molecular weight excluding hydrogens is 248 g/mol. The van der Waals surface area contributed by atoms with E-state index in [1.807, 2.05) is 63.4 Å². The smallest absolute Gasteiger partial charge is 0.253 e. The first-order valence-electron chi connectivity index (χ1n) is 6.72. The zero-order chi connectivity index (χ0) is 14.5. The highest BCUT2D eigenvalue weighted by atomic mass is 16.1. The molecule has 3 heteroatoms. The minimum atomic E-state index is -0.0603. The van der Waals surface area contributed by atoms with Gasteiger partial charge >= 0.3 is 0 Å². The van der Waals surface area contributed by atoms with Crippen LogP contribution in [0.25, 0.3) is 0 Å². The lowest BCUT2D eigenvalue weighted by Crippen LogP contribution is -2.23. The van der Waals surface area contributed by atoms with Crippen LogP contribution in [0.15, 0.2) is 42.5 Å². The zero-order valence-corrected chi connectivity index (χ0v) is 12.2. The third-order valence-electron chi connectivity index (χ3n) is 3.26. The Morgan fingerprint density at radius 2 is 1.65 bits per heavy atom. The van der Waals surface area contributed by atoms with E-state index in [1.54, 1.807) is 0 Å². The molecule has 0 saturated heterocycles. The van der Waals surface area contributed by atoms with E-state index in [1.165, 1.54) is 5.56 Å². The van der Waals surface area contributed by atoms with Gasteiger partial charge in [0.15, 0.2) is 0 Å². The van der Waals surface area contributed by atoms with Crippen molar-refractivity contribution in [3.8, 4) is 0 Å². The molecule has 0 radical (unpaired) electrons. The maximum absolute atomic E-state index is 12.2. The molecule has 0 aliphatic heterocycles. The number of rotatable bonds is 4. The Morgan fingerprint density at radius 1 is 1.00 bits per heavy atom. The Morgan fingerprint density at radius 3 is 2.30 bits per heavy atom. The molecule has 0 aliphatic carbocycles. The molecule has 20 heavy (non-hydrogen) atoms. The number of benzene rings is 2. The molecule has 0 saturated carbocycles. The van der Waals surface area contributed by atoms with Gasteiger partial charge in [-0.2, -0.15) is 0 Å². The average Bonchev–Trinajstić information content (AvgIpc) is 2.46. The maximum atomic E-state index is 12.2. The summed E-state index contributed by atoms with van der Waals surface area (Å²) in [6.07, 6.45) is 0. The number of carbonyl (C=O) groups is 1. The predicted molar refractivity (Wildman–Crippen MR) is 83.1 cm³/mol. The van der Waals surface area contributed by atoms with Gasteiger partial charge in [-0.3, -0.25) is 4.79 Å². The van der Waals surface area contributed by atoms with Crippen molar-refractivity contribution in [3.05, 3.63) is 64.7 Å². The summed E-state index contributed by atoms with van der Waals surface area (Å²) in [6.45, 7) is 4.60. The molecule has 0 spiro atoms. The molecule has 0 fully saturated rings. The van der Waals surface area contributed by atoms with Gasteiger partial charge in [0.05, 0.1) is 5.56 Å². The lowest BCUT2D eigenvalue weighted by Gasteiger charge is -2.11. The molecule has 0 bridgehead atoms. The number of amides is 1. The quantitative estimate of drug-likeness (QED) is 0.893. The van der Waals surface area contributed by atoms with Crippen LogP contribution in [0.3, 0.4) is 0 Å². The number of hydrogen-bond acceptors (Lipinski definition) is 2. The first-order chi connectivity index (χ1) is 9.60. The van der Waals surface area contributed by atoms with Crippen LogP contribution in [-0.2, 0) is 6.54 Å². The van der Waals surface area contributed by atoms with Crippen molar-refractivity contribution in [2.24, 2.45) is 0 Å². The van der Waals surface area contributed by atoms with Crippen LogP contribution in [0.2, 0.25) is 0 Å². The third-order valence-corrected chi connectivity index (χ3v) is 3.26. The molecule has 0 aliphatic rings. The van der Waals surface area contributed by atoms with Crippen LogP contribution < -0.4 is 10.6 Å². The first kappa shape index (κ1) is 14.1. The fourth-order valence-corrected chi connectivity index (χ4v) is 2.05. The Balaban J connectivity index is 2.07. The molecule has 2 aromatic rings. The molecule has 2 N–H and O–H groups in total. The lowest BCUT2D eigenvalue weighted by molar-refractivity contribution is 0.0951. The van der Waals surface area contributed by atoms with Gasteiger partial charge in [0.2, 0.25) is 0 Å². The van der Waals surface area contributed by atoms with E-state index in [9.17, 15) is 4.79 Å². The van der Waals surface area contributed by atoms with Crippen LogP contribution in [0.4, 0.5) is 5.69 Å². The summed E-state index contributed by atoms with van der Waals surface area (Å²) in [6, 6.07) is 13.9. The monoisotopic (exact) mass is 268 g/mol. The number of anilines is 1. The Bertz CT molecular complexity index is 603. The van der Waals surface area contributed by atoms with E-state index in [0.717, 1.165) is 16.8 Å². The van der Waals surface area contributed by atoms with E-state index >= 15 is 0 Å². The molecule has 3 nitrogen and oxygen atoms in total. The molecule has 104 valence electrons. The molecule has 0 aromatic heterocycles. The van der Waals surface area contributed by atoms with Crippen molar-refractivity contribution >= 4 is 11.6 Å².